The Kier molecular flexibility index (Phi) is 8.78. The molecule has 1 N–H and O–H groups in total. The zero-order chi connectivity index (χ0) is 27.3. The van der Waals surface area contributed by atoms with E-state index in [4.69, 9.17) is 16.3 Å². The minimum absolute atomic E-state index is 0.00864. The molecule has 1 aliphatic heterocycles. The third-order valence-corrected chi connectivity index (χ3v) is 6.97. The Morgan fingerprint density at radius 1 is 1.13 bits per heavy atom. The number of aliphatic hydroxyl groups excluding tert-OH is 1. The zero-order valence-corrected chi connectivity index (χ0v) is 21.2. The van der Waals surface area contributed by atoms with Crippen molar-refractivity contribution in [1.82, 2.24) is 9.55 Å². The predicted octanol–water partition coefficient (Wildman–Crippen LogP) is 5.75. The number of aryl methyl sites for hydroxylation is 1. The van der Waals surface area contributed by atoms with E-state index >= 15 is 0 Å². The summed E-state index contributed by atoms with van der Waals surface area (Å²) in [6.45, 7) is 1.93. The molecular weight excluding hydrogens is 525 g/mol. The van der Waals surface area contributed by atoms with Crippen molar-refractivity contribution in [3.8, 4) is 5.75 Å². The molecule has 38 heavy (non-hydrogen) atoms. The lowest BCUT2D eigenvalue weighted by molar-refractivity contribution is -0.389. The van der Waals surface area contributed by atoms with Crippen molar-refractivity contribution in [1.29, 1.82) is 0 Å². The Morgan fingerprint density at radius 3 is 2.37 bits per heavy atom. The van der Waals surface area contributed by atoms with E-state index in [0.29, 0.717) is 11.7 Å². The Hall–Kier alpha value is -3.31. The van der Waals surface area contributed by atoms with Crippen LogP contribution >= 0.6 is 11.6 Å². The van der Waals surface area contributed by atoms with E-state index in [1.54, 1.807) is 0 Å². The van der Waals surface area contributed by atoms with E-state index in [1.807, 2.05) is 24.3 Å². The maximum absolute atomic E-state index is 12.8. The van der Waals surface area contributed by atoms with Gasteiger partial charge < -0.3 is 24.9 Å². The lowest BCUT2D eigenvalue weighted by Crippen LogP contribution is -2.34. The van der Waals surface area contributed by atoms with Gasteiger partial charge in [0.2, 0.25) is 0 Å². The standard InChI is InChI=1S/C26H28ClF3N4O4/c27-25-31-24(34(36)37)16-33(25)14-11-22(35)17-38-23-7-1-18(2-8-23)15-19-9-12-32(13-10-19)21-5-3-20(4-6-21)26(28,29)30/h1-8,16,19,22,35H,9-15,17H2. The molecule has 12 heteroatoms. The highest BCUT2D eigenvalue weighted by atomic mass is 35.5. The highest BCUT2D eigenvalue weighted by Crippen LogP contribution is 2.32. The van der Waals surface area contributed by atoms with Gasteiger partial charge in [0.1, 0.15) is 18.6 Å². The number of nitro groups is 1. The molecule has 4 rings (SSSR count). The molecule has 0 radical (unpaired) electrons. The molecule has 8 nitrogen and oxygen atoms in total. The molecule has 0 bridgehead atoms. The predicted molar refractivity (Wildman–Crippen MR) is 137 cm³/mol. The average molecular weight is 553 g/mol. The second-order valence-corrected chi connectivity index (χ2v) is 9.73. The van der Waals surface area contributed by atoms with Gasteiger partial charge in [0.15, 0.2) is 0 Å². The molecule has 0 spiro atoms. The molecular formula is C26H28ClF3N4O4. The number of ether oxygens (including phenoxy) is 1. The Balaban J connectivity index is 1.18. The molecule has 2 heterocycles. The smallest absolute Gasteiger partial charge is 0.416 e. The van der Waals surface area contributed by atoms with Crippen LogP contribution in [-0.2, 0) is 19.1 Å². The normalized spacial score (nSPS) is 15.4. The molecule has 0 aliphatic carbocycles. The number of nitrogens with zero attached hydrogens (tertiary/aromatic N) is 4. The maximum Gasteiger partial charge on any atom is 0.416 e. The first-order valence-corrected chi connectivity index (χ1v) is 12.7. The van der Waals surface area contributed by atoms with Crippen LogP contribution in [-0.4, -0.2) is 45.4 Å². The molecule has 0 saturated carbocycles. The molecule has 204 valence electrons. The van der Waals surface area contributed by atoms with E-state index in [2.05, 4.69) is 9.88 Å². The van der Waals surface area contributed by atoms with Crippen LogP contribution in [0.4, 0.5) is 24.7 Å². The molecule has 1 atom stereocenters. The lowest BCUT2D eigenvalue weighted by Gasteiger charge is -2.34. The highest BCUT2D eigenvalue weighted by molar-refractivity contribution is 6.28. The molecule has 1 saturated heterocycles. The van der Waals surface area contributed by atoms with Crippen molar-refractivity contribution in [3.63, 3.8) is 0 Å². The monoisotopic (exact) mass is 552 g/mol. The molecule has 0 amide bonds. The van der Waals surface area contributed by atoms with Crippen LogP contribution < -0.4 is 9.64 Å². The van der Waals surface area contributed by atoms with Crippen molar-refractivity contribution in [3.05, 3.63) is 81.3 Å². The van der Waals surface area contributed by atoms with Gasteiger partial charge in [0, 0.05) is 25.3 Å². The van der Waals surface area contributed by atoms with Gasteiger partial charge in [-0.05, 0) is 95.1 Å². The van der Waals surface area contributed by atoms with Crippen molar-refractivity contribution < 1.29 is 27.9 Å². The van der Waals surface area contributed by atoms with Crippen LogP contribution in [0.15, 0.2) is 54.7 Å². The largest absolute Gasteiger partial charge is 0.491 e. The van der Waals surface area contributed by atoms with Gasteiger partial charge in [-0.15, -0.1) is 0 Å². The van der Waals surface area contributed by atoms with Crippen molar-refractivity contribution in [2.24, 2.45) is 5.92 Å². The second-order valence-electron chi connectivity index (χ2n) is 9.40. The van der Waals surface area contributed by atoms with Crippen LogP contribution in [0.3, 0.4) is 0 Å². The molecule has 1 aromatic heterocycles. The summed E-state index contributed by atoms with van der Waals surface area (Å²) < 4.78 is 45.5. The van der Waals surface area contributed by atoms with Crippen molar-refractivity contribution >= 4 is 23.1 Å². The number of anilines is 1. The quantitative estimate of drug-likeness (QED) is 0.254. The number of rotatable bonds is 10. The molecule has 1 aliphatic rings. The number of alkyl halides is 3. The third-order valence-electron chi connectivity index (χ3n) is 6.67. The fraction of sp³-hybridized carbons (Fsp3) is 0.423. The zero-order valence-electron chi connectivity index (χ0n) is 20.5. The van der Waals surface area contributed by atoms with Gasteiger partial charge in [-0.2, -0.15) is 13.2 Å². The number of aliphatic hydroxyl groups is 1. The van der Waals surface area contributed by atoms with Crippen LogP contribution in [0.2, 0.25) is 5.28 Å². The van der Waals surface area contributed by atoms with Gasteiger partial charge in [0.05, 0.1) is 11.7 Å². The number of halogens is 4. The maximum atomic E-state index is 12.8. The first-order chi connectivity index (χ1) is 18.1. The van der Waals surface area contributed by atoms with Crippen molar-refractivity contribution in [2.45, 2.75) is 44.5 Å². The fourth-order valence-electron chi connectivity index (χ4n) is 4.50. The van der Waals surface area contributed by atoms with Crippen LogP contribution in [0.25, 0.3) is 0 Å². The summed E-state index contributed by atoms with van der Waals surface area (Å²) in [5.41, 5.74) is 1.35. The van der Waals surface area contributed by atoms with E-state index < -0.39 is 22.8 Å². The lowest BCUT2D eigenvalue weighted by atomic mass is 9.90. The second kappa shape index (κ2) is 12.0. The summed E-state index contributed by atoms with van der Waals surface area (Å²) >= 11 is 5.88. The summed E-state index contributed by atoms with van der Waals surface area (Å²) in [4.78, 5) is 15.9. The summed E-state index contributed by atoms with van der Waals surface area (Å²) in [7, 11) is 0. The number of benzene rings is 2. The minimum atomic E-state index is -4.32. The molecule has 3 aromatic rings. The van der Waals surface area contributed by atoms with Crippen LogP contribution in [0.1, 0.15) is 30.4 Å². The summed E-state index contributed by atoms with van der Waals surface area (Å²) in [5, 5.41) is 21.0. The average Bonchev–Trinajstić information content (AvgIpc) is 3.28. The minimum Gasteiger partial charge on any atom is -0.491 e. The number of hydrogen-bond acceptors (Lipinski definition) is 6. The van der Waals surface area contributed by atoms with Gasteiger partial charge >= 0.3 is 17.3 Å². The van der Waals surface area contributed by atoms with Gasteiger partial charge in [0.25, 0.3) is 0 Å². The summed E-state index contributed by atoms with van der Waals surface area (Å²) in [5.74, 6) is 0.770. The van der Waals surface area contributed by atoms with E-state index in [1.165, 1.54) is 28.5 Å². The molecule has 1 unspecified atom stereocenters. The number of piperidine rings is 1. The summed E-state index contributed by atoms with van der Waals surface area (Å²) in [6, 6.07) is 13.0. The van der Waals surface area contributed by atoms with Gasteiger partial charge in [-0.3, -0.25) is 4.57 Å². The third kappa shape index (κ3) is 7.38. The highest BCUT2D eigenvalue weighted by Gasteiger charge is 2.30. The van der Waals surface area contributed by atoms with Gasteiger partial charge in [-0.1, -0.05) is 12.1 Å². The van der Waals surface area contributed by atoms with Crippen LogP contribution in [0.5, 0.6) is 5.75 Å². The first-order valence-electron chi connectivity index (χ1n) is 12.3. The first kappa shape index (κ1) is 27.7. The number of aromatic nitrogens is 2. The number of imidazole rings is 1. The molecule has 2 aromatic carbocycles. The van der Waals surface area contributed by atoms with E-state index in [-0.39, 0.29) is 30.7 Å². The van der Waals surface area contributed by atoms with E-state index in [9.17, 15) is 28.4 Å². The Bertz CT molecular complexity index is 1210. The summed E-state index contributed by atoms with van der Waals surface area (Å²) in [6.07, 6.45) is -0.785. The van der Waals surface area contributed by atoms with Crippen molar-refractivity contribution in [2.75, 3.05) is 24.6 Å². The topological polar surface area (TPSA) is 93.7 Å². The fourth-order valence-corrected chi connectivity index (χ4v) is 4.72. The van der Waals surface area contributed by atoms with E-state index in [0.717, 1.165) is 50.2 Å². The SMILES string of the molecule is O=[N+]([O-])c1cn(CCC(O)COc2ccc(CC3CCN(c4ccc(C(F)(F)F)cc4)CC3)cc2)c(Cl)n1. The Morgan fingerprint density at radius 2 is 1.79 bits per heavy atom. The Labute approximate surface area is 222 Å². The van der Waals surface area contributed by atoms with Gasteiger partial charge in [-0.25, -0.2) is 0 Å². The van der Waals surface area contributed by atoms with Crippen LogP contribution in [0, 0.1) is 16.0 Å². The number of hydrogen-bond donors (Lipinski definition) is 1. The molecule has 1 fully saturated rings.